The number of Topliss-reactive ketones (excluding diaryl/α,β-unsaturated/α-hetero) is 1. The second kappa shape index (κ2) is 6.98. The highest BCUT2D eigenvalue weighted by atomic mass is 16.5. The minimum absolute atomic E-state index is 0.0816. The topological polar surface area (TPSA) is 38.8 Å². The molecule has 5 rings (SSSR count). The zero-order chi connectivity index (χ0) is 18.9. The first-order valence-electron chi connectivity index (χ1n) is 9.32. The smallest absolute Gasteiger partial charge is 0.231 e. The van der Waals surface area contributed by atoms with Crippen LogP contribution >= 0.6 is 0 Å². The molecule has 0 N–H and O–H groups in total. The highest BCUT2D eigenvalue weighted by molar-refractivity contribution is 6.15. The van der Waals surface area contributed by atoms with Crippen molar-refractivity contribution in [2.75, 3.05) is 6.73 Å². The van der Waals surface area contributed by atoms with Crippen molar-refractivity contribution < 1.29 is 14.3 Å². The van der Waals surface area contributed by atoms with Gasteiger partial charge in [-0.2, -0.15) is 0 Å². The molecule has 0 saturated carbocycles. The first-order chi connectivity index (χ1) is 13.8. The van der Waals surface area contributed by atoms with Gasteiger partial charge in [-0.1, -0.05) is 60.7 Å². The molecule has 0 bridgehead atoms. The summed E-state index contributed by atoms with van der Waals surface area (Å²) in [5.74, 6) is 1.69. The van der Waals surface area contributed by atoms with Gasteiger partial charge in [0, 0.05) is 13.1 Å². The number of benzene rings is 3. The summed E-state index contributed by atoms with van der Waals surface area (Å²) in [6.07, 6.45) is 1.79. The fraction of sp³-hybridized carbons (Fsp3) is 0.125. The molecule has 0 radical (unpaired) electrons. The van der Waals surface area contributed by atoms with Gasteiger partial charge >= 0.3 is 0 Å². The van der Waals surface area contributed by atoms with Crippen LogP contribution in [0.25, 0.3) is 6.08 Å². The highest BCUT2D eigenvalue weighted by Crippen LogP contribution is 2.42. The Hall–Kier alpha value is -3.37. The molecule has 0 unspecified atom stereocenters. The van der Waals surface area contributed by atoms with Crippen LogP contribution in [-0.4, -0.2) is 17.4 Å². The van der Waals surface area contributed by atoms with Crippen molar-refractivity contribution >= 4 is 11.9 Å². The van der Waals surface area contributed by atoms with E-state index in [1.807, 2.05) is 54.6 Å². The summed E-state index contributed by atoms with van der Waals surface area (Å²) in [6.45, 7) is 1.98. The van der Waals surface area contributed by atoms with Crippen LogP contribution in [0.4, 0.5) is 0 Å². The normalized spacial score (nSPS) is 17.0. The lowest BCUT2D eigenvalue weighted by atomic mass is 10.0. The molecule has 3 aromatic rings. The maximum absolute atomic E-state index is 12.8. The number of ketones is 1. The SMILES string of the molecule is O=C1/C(=C/c2ccccc2)Oc2c1ccc1c2CN(Cc2ccccc2)CO1. The molecule has 0 spiro atoms. The third-order valence-corrected chi connectivity index (χ3v) is 5.03. The Balaban J connectivity index is 1.44. The monoisotopic (exact) mass is 369 g/mol. The number of hydrogen-bond donors (Lipinski definition) is 0. The van der Waals surface area contributed by atoms with Crippen LogP contribution < -0.4 is 9.47 Å². The number of allylic oxidation sites excluding steroid dienone is 1. The quantitative estimate of drug-likeness (QED) is 0.630. The lowest BCUT2D eigenvalue weighted by Gasteiger charge is -2.29. The molecule has 2 aliphatic heterocycles. The fourth-order valence-corrected chi connectivity index (χ4v) is 3.65. The van der Waals surface area contributed by atoms with Gasteiger partial charge in [0.25, 0.3) is 0 Å². The van der Waals surface area contributed by atoms with E-state index in [1.54, 1.807) is 12.1 Å². The fourth-order valence-electron chi connectivity index (χ4n) is 3.65. The number of nitrogens with zero attached hydrogens (tertiary/aromatic N) is 1. The molecule has 138 valence electrons. The lowest BCUT2D eigenvalue weighted by Crippen LogP contribution is -2.31. The van der Waals surface area contributed by atoms with E-state index in [2.05, 4.69) is 17.0 Å². The van der Waals surface area contributed by atoms with Gasteiger partial charge in [-0.25, -0.2) is 0 Å². The minimum atomic E-state index is -0.0816. The van der Waals surface area contributed by atoms with Gasteiger partial charge in [-0.3, -0.25) is 9.69 Å². The van der Waals surface area contributed by atoms with Crippen LogP contribution in [0.3, 0.4) is 0 Å². The molecule has 2 aliphatic rings. The lowest BCUT2D eigenvalue weighted by molar-refractivity contribution is 0.0873. The number of carbonyl (C=O) groups is 1. The molecular formula is C24H19NO3. The van der Waals surface area contributed by atoms with Crippen molar-refractivity contribution in [2.24, 2.45) is 0 Å². The predicted octanol–water partition coefficient (Wildman–Crippen LogP) is 4.65. The molecule has 0 fully saturated rings. The summed E-state index contributed by atoms with van der Waals surface area (Å²) >= 11 is 0. The summed E-state index contributed by atoms with van der Waals surface area (Å²) in [5.41, 5.74) is 3.70. The van der Waals surface area contributed by atoms with Gasteiger partial charge in [-0.15, -0.1) is 0 Å². The van der Waals surface area contributed by atoms with E-state index in [-0.39, 0.29) is 5.78 Å². The molecule has 4 heteroatoms. The van der Waals surface area contributed by atoms with Crippen molar-refractivity contribution in [1.29, 1.82) is 0 Å². The van der Waals surface area contributed by atoms with E-state index >= 15 is 0 Å². The maximum Gasteiger partial charge on any atom is 0.231 e. The zero-order valence-electron chi connectivity index (χ0n) is 15.3. The molecule has 2 heterocycles. The molecule has 0 atom stereocenters. The average molecular weight is 369 g/mol. The summed E-state index contributed by atoms with van der Waals surface area (Å²) < 4.78 is 12.0. The third-order valence-electron chi connectivity index (χ3n) is 5.03. The zero-order valence-corrected chi connectivity index (χ0v) is 15.3. The van der Waals surface area contributed by atoms with Gasteiger partial charge in [0.1, 0.15) is 18.2 Å². The Morgan fingerprint density at radius 1 is 0.929 bits per heavy atom. The molecular weight excluding hydrogens is 350 g/mol. The van der Waals surface area contributed by atoms with Crippen molar-refractivity contribution in [3.05, 3.63) is 101 Å². The van der Waals surface area contributed by atoms with E-state index in [0.29, 0.717) is 30.3 Å². The Labute approximate surface area is 163 Å². The first-order valence-corrected chi connectivity index (χ1v) is 9.32. The standard InChI is InChI=1S/C24H19NO3/c26-23-19-11-12-21-20(15-25(16-27-21)14-18-9-5-2-6-10-18)24(19)28-22(23)13-17-7-3-1-4-8-17/h1-13H,14-16H2/b22-13-. The summed E-state index contributed by atoms with van der Waals surface area (Å²) in [5, 5.41) is 0. The van der Waals surface area contributed by atoms with Crippen LogP contribution in [0.5, 0.6) is 11.5 Å². The number of ether oxygens (including phenoxy) is 2. The molecule has 0 amide bonds. The number of rotatable bonds is 3. The summed E-state index contributed by atoms with van der Waals surface area (Å²) in [6, 6.07) is 23.7. The molecule has 0 aliphatic carbocycles. The highest BCUT2D eigenvalue weighted by Gasteiger charge is 2.33. The van der Waals surface area contributed by atoms with Gasteiger partial charge in [0.2, 0.25) is 5.78 Å². The van der Waals surface area contributed by atoms with Crippen LogP contribution in [0, 0.1) is 0 Å². The Bertz CT molecular complexity index is 1060. The van der Waals surface area contributed by atoms with Gasteiger partial charge in [-0.05, 0) is 29.3 Å². The van der Waals surface area contributed by atoms with E-state index < -0.39 is 0 Å². The molecule has 4 nitrogen and oxygen atoms in total. The summed E-state index contributed by atoms with van der Waals surface area (Å²) in [4.78, 5) is 15.0. The van der Waals surface area contributed by atoms with Crippen molar-refractivity contribution in [2.45, 2.75) is 13.1 Å². The number of carbonyl (C=O) groups excluding carboxylic acids is 1. The Morgan fingerprint density at radius 2 is 1.68 bits per heavy atom. The van der Waals surface area contributed by atoms with E-state index in [9.17, 15) is 4.79 Å². The van der Waals surface area contributed by atoms with Crippen LogP contribution in [0.15, 0.2) is 78.6 Å². The second-order valence-electron chi connectivity index (χ2n) is 7.02. The third kappa shape index (κ3) is 3.08. The van der Waals surface area contributed by atoms with E-state index in [0.717, 1.165) is 23.4 Å². The maximum atomic E-state index is 12.8. The van der Waals surface area contributed by atoms with E-state index in [1.165, 1.54) is 5.56 Å². The molecule has 3 aromatic carbocycles. The number of fused-ring (bicyclic) bond motifs is 3. The van der Waals surface area contributed by atoms with Gasteiger partial charge < -0.3 is 9.47 Å². The van der Waals surface area contributed by atoms with Gasteiger partial charge in [0.15, 0.2) is 5.76 Å². The van der Waals surface area contributed by atoms with Gasteiger partial charge in [0.05, 0.1) is 11.1 Å². The Morgan fingerprint density at radius 3 is 2.46 bits per heavy atom. The molecule has 28 heavy (non-hydrogen) atoms. The first kappa shape index (κ1) is 16.8. The van der Waals surface area contributed by atoms with Crippen molar-refractivity contribution in [3.8, 4) is 11.5 Å². The van der Waals surface area contributed by atoms with Crippen LogP contribution in [-0.2, 0) is 13.1 Å². The molecule has 0 aromatic heterocycles. The minimum Gasteiger partial charge on any atom is -0.478 e. The number of hydrogen-bond acceptors (Lipinski definition) is 4. The second-order valence-corrected chi connectivity index (χ2v) is 7.02. The average Bonchev–Trinajstić information content (AvgIpc) is 3.05. The predicted molar refractivity (Wildman–Crippen MR) is 107 cm³/mol. The summed E-state index contributed by atoms with van der Waals surface area (Å²) in [7, 11) is 0. The van der Waals surface area contributed by atoms with Crippen LogP contribution in [0.1, 0.15) is 27.0 Å². The van der Waals surface area contributed by atoms with Crippen molar-refractivity contribution in [3.63, 3.8) is 0 Å². The molecule has 0 saturated heterocycles. The van der Waals surface area contributed by atoms with Crippen LogP contribution in [0.2, 0.25) is 0 Å². The van der Waals surface area contributed by atoms with Crippen molar-refractivity contribution in [1.82, 2.24) is 4.90 Å². The van der Waals surface area contributed by atoms with E-state index in [4.69, 9.17) is 9.47 Å². The Kier molecular flexibility index (Phi) is 4.18. The largest absolute Gasteiger partial charge is 0.478 e.